The van der Waals surface area contributed by atoms with Crippen LogP contribution in [0.1, 0.15) is 17.5 Å². The van der Waals surface area contributed by atoms with Gasteiger partial charge in [-0.25, -0.2) is 0 Å². The largest absolute Gasteiger partial charge is 0.508 e. The molecule has 0 bridgehead atoms. The van der Waals surface area contributed by atoms with Crippen molar-refractivity contribution in [2.75, 3.05) is 25.5 Å². The van der Waals surface area contributed by atoms with Crippen LogP contribution in [0.5, 0.6) is 5.75 Å². The number of fused-ring (bicyclic) bond motifs is 3. The Morgan fingerprint density at radius 3 is 2.55 bits per heavy atom. The lowest BCUT2D eigenvalue weighted by Crippen LogP contribution is -2.66. The van der Waals surface area contributed by atoms with Gasteiger partial charge in [-0.1, -0.05) is 0 Å². The molecule has 3 aliphatic carbocycles. The van der Waals surface area contributed by atoms with Gasteiger partial charge in [-0.05, 0) is 36.5 Å². The molecule has 33 heavy (non-hydrogen) atoms. The Morgan fingerprint density at radius 2 is 1.94 bits per heavy atom. The summed E-state index contributed by atoms with van der Waals surface area (Å²) in [5.41, 5.74) is 2.64. The number of primary amides is 1. The van der Waals surface area contributed by atoms with Crippen LogP contribution in [0.15, 0.2) is 29.0 Å². The summed E-state index contributed by atoms with van der Waals surface area (Å²) in [5.74, 6) is -7.12. The van der Waals surface area contributed by atoms with E-state index >= 15 is 0 Å². The molecular formula is C22H25N3O8. The number of anilines is 1. The molecule has 9 N–H and O–H groups in total. The van der Waals surface area contributed by atoms with E-state index < -0.39 is 58.0 Å². The Bertz CT molecular complexity index is 1140. The van der Waals surface area contributed by atoms with Crippen molar-refractivity contribution in [3.63, 3.8) is 0 Å². The zero-order valence-corrected chi connectivity index (χ0v) is 17.8. The molecule has 0 unspecified atom stereocenters. The second-order valence-electron chi connectivity index (χ2n) is 8.44. The number of aliphatic hydroxyl groups is 4. The summed E-state index contributed by atoms with van der Waals surface area (Å²) in [7, 11) is 1.66. The van der Waals surface area contributed by atoms with Gasteiger partial charge in [-0.15, -0.1) is 0 Å². The maximum Gasteiger partial charge on any atom is 0.255 e. The zero-order valence-electron chi connectivity index (χ0n) is 17.8. The number of phenolic OH excluding ortho intramolecular Hbond substituents is 1. The second-order valence-corrected chi connectivity index (χ2v) is 8.44. The Labute approximate surface area is 188 Å². The predicted molar refractivity (Wildman–Crippen MR) is 115 cm³/mol. The molecule has 0 aromatic heterocycles. The molecule has 1 aromatic carbocycles. The molecule has 11 heteroatoms. The Kier molecular flexibility index (Phi) is 5.43. The van der Waals surface area contributed by atoms with Gasteiger partial charge in [0.2, 0.25) is 5.78 Å². The Balaban J connectivity index is 1.94. The number of aliphatic hydroxyl groups excluding tert-OH is 3. The molecule has 0 spiro atoms. The summed E-state index contributed by atoms with van der Waals surface area (Å²) in [6.07, 6.45) is 0.177. The normalized spacial score (nSPS) is 28.9. The number of carbonyl (C=O) groups is 3. The first kappa shape index (κ1) is 22.8. The molecule has 1 amide bonds. The minimum absolute atomic E-state index is 0.0230. The average molecular weight is 459 g/mol. The molecule has 11 nitrogen and oxygen atoms in total. The van der Waals surface area contributed by atoms with E-state index in [1.165, 1.54) is 6.07 Å². The van der Waals surface area contributed by atoms with Gasteiger partial charge >= 0.3 is 0 Å². The fraction of sp³-hybridized carbons (Fsp3) is 0.409. The van der Waals surface area contributed by atoms with Crippen molar-refractivity contribution in [2.24, 2.45) is 17.6 Å². The molecule has 4 atom stereocenters. The summed E-state index contributed by atoms with van der Waals surface area (Å²) in [6.45, 7) is -0.443. The number of hydrogen-bond acceptors (Lipinski definition) is 10. The number of Topliss-reactive ketones (excluding diaryl/α,β-unsaturated/α-hetero) is 2. The van der Waals surface area contributed by atoms with Crippen molar-refractivity contribution >= 4 is 28.9 Å². The van der Waals surface area contributed by atoms with Crippen LogP contribution in [-0.2, 0) is 20.8 Å². The smallest absolute Gasteiger partial charge is 0.255 e. The molecule has 3 aliphatic rings. The molecule has 0 saturated heterocycles. The van der Waals surface area contributed by atoms with E-state index in [1.807, 2.05) is 0 Å². The van der Waals surface area contributed by atoms with Gasteiger partial charge in [0.05, 0.1) is 18.2 Å². The predicted octanol–water partition coefficient (Wildman–Crippen LogP) is -0.974. The van der Waals surface area contributed by atoms with Gasteiger partial charge in [0, 0.05) is 30.8 Å². The molecule has 0 radical (unpaired) electrons. The van der Waals surface area contributed by atoms with Crippen LogP contribution in [0, 0.1) is 11.8 Å². The minimum atomic E-state index is -2.71. The van der Waals surface area contributed by atoms with Crippen molar-refractivity contribution in [2.45, 2.75) is 24.5 Å². The molecule has 1 aromatic rings. The maximum atomic E-state index is 13.6. The monoisotopic (exact) mass is 459 g/mol. The number of phenols is 1. The second kappa shape index (κ2) is 7.87. The third-order valence-electron chi connectivity index (χ3n) is 6.83. The van der Waals surface area contributed by atoms with E-state index in [0.29, 0.717) is 11.3 Å². The number of nitrogens with one attached hydrogen (secondary N) is 2. The third kappa shape index (κ3) is 3.04. The lowest BCUT2D eigenvalue weighted by Gasteiger charge is -2.49. The van der Waals surface area contributed by atoms with Crippen molar-refractivity contribution < 1.29 is 39.9 Å². The zero-order chi connectivity index (χ0) is 24.2. The fourth-order valence-corrected chi connectivity index (χ4v) is 5.37. The van der Waals surface area contributed by atoms with Crippen molar-refractivity contribution in [3.05, 3.63) is 40.2 Å². The first-order valence-electron chi connectivity index (χ1n) is 10.4. The number of carbonyl (C=O) groups excluding carboxylic acids is 3. The van der Waals surface area contributed by atoms with Crippen molar-refractivity contribution in [1.29, 1.82) is 0 Å². The van der Waals surface area contributed by atoms with Crippen LogP contribution >= 0.6 is 0 Å². The number of amides is 1. The lowest BCUT2D eigenvalue weighted by molar-refractivity contribution is -0.150. The first-order valence-corrected chi connectivity index (χ1v) is 10.4. The van der Waals surface area contributed by atoms with E-state index in [4.69, 9.17) is 5.73 Å². The van der Waals surface area contributed by atoms with Crippen LogP contribution in [0.4, 0.5) is 5.69 Å². The molecule has 1 fully saturated rings. The van der Waals surface area contributed by atoms with E-state index in [1.54, 1.807) is 13.1 Å². The summed E-state index contributed by atoms with van der Waals surface area (Å²) >= 11 is 0. The van der Waals surface area contributed by atoms with Gasteiger partial charge in [0.25, 0.3) is 5.91 Å². The van der Waals surface area contributed by atoms with Crippen LogP contribution in [-0.4, -0.2) is 74.8 Å². The van der Waals surface area contributed by atoms with Crippen LogP contribution in [0.25, 0.3) is 5.76 Å². The molecular weight excluding hydrogens is 434 g/mol. The summed E-state index contributed by atoms with van der Waals surface area (Å²) in [6, 6.07) is 1.68. The quantitative estimate of drug-likeness (QED) is 0.200. The van der Waals surface area contributed by atoms with Gasteiger partial charge in [-0.3, -0.25) is 14.4 Å². The minimum Gasteiger partial charge on any atom is -0.508 e. The lowest BCUT2D eigenvalue weighted by atomic mass is 9.57. The number of rotatable bonds is 5. The van der Waals surface area contributed by atoms with E-state index in [2.05, 4.69) is 10.6 Å². The van der Waals surface area contributed by atoms with Crippen LogP contribution in [0.3, 0.4) is 0 Å². The first-order chi connectivity index (χ1) is 15.6. The highest BCUT2D eigenvalue weighted by Crippen LogP contribution is 2.52. The number of aromatic hydroxyl groups is 1. The van der Waals surface area contributed by atoms with Gasteiger partial charge in [-0.2, -0.15) is 0 Å². The molecule has 0 aliphatic heterocycles. The third-order valence-corrected chi connectivity index (χ3v) is 6.83. The highest BCUT2D eigenvalue weighted by Gasteiger charge is 2.63. The highest BCUT2D eigenvalue weighted by molar-refractivity contribution is 6.24. The highest BCUT2D eigenvalue weighted by atomic mass is 16.3. The summed E-state index contributed by atoms with van der Waals surface area (Å²) in [4.78, 5) is 38.5. The van der Waals surface area contributed by atoms with Crippen LogP contribution < -0.4 is 16.4 Å². The molecule has 4 rings (SSSR count). The van der Waals surface area contributed by atoms with Crippen molar-refractivity contribution in [3.8, 4) is 5.75 Å². The van der Waals surface area contributed by atoms with Gasteiger partial charge in [0.1, 0.15) is 22.8 Å². The van der Waals surface area contributed by atoms with Gasteiger partial charge in [0.15, 0.2) is 11.4 Å². The maximum absolute atomic E-state index is 13.6. The van der Waals surface area contributed by atoms with E-state index in [-0.39, 0.29) is 42.9 Å². The SMILES string of the molecule is CNc1ccc(O)c2c1C[C@H]1C[C@H]3[C@@H](NCCO)C(=O)C(C(N)=O)=C(O)[C@@]3(O)C(=O)C1=C2O. The Hall–Kier alpha value is -3.41. The number of nitrogens with two attached hydrogens (primary N) is 1. The van der Waals surface area contributed by atoms with E-state index in [9.17, 15) is 39.9 Å². The molecule has 1 saturated carbocycles. The topological polar surface area (TPSA) is 202 Å². The molecule has 0 heterocycles. The standard InChI is InChI=1S/C22H25N3O8/c1-24-11-2-3-12(27)14-9(11)6-8-7-10-16(25-4-5-26)18(29)15(21(23)32)20(31)22(10,33)19(30)13(8)17(14)28/h2-3,8,10,16,24-28,31,33H,4-7H2,1H3,(H2,23,32)/t8-,10-,16+,22-/m0/s1. The van der Waals surface area contributed by atoms with Gasteiger partial charge < -0.3 is 41.9 Å². The number of hydrogen-bond donors (Lipinski definition) is 8. The number of ketones is 2. The Morgan fingerprint density at radius 1 is 1.24 bits per heavy atom. The van der Waals surface area contributed by atoms with Crippen molar-refractivity contribution in [1.82, 2.24) is 5.32 Å². The average Bonchev–Trinajstić information content (AvgIpc) is 2.76. The van der Waals surface area contributed by atoms with E-state index in [0.717, 1.165) is 0 Å². The number of benzene rings is 1. The fourth-order valence-electron chi connectivity index (χ4n) is 5.37. The molecule has 176 valence electrons. The summed E-state index contributed by atoms with van der Waals surface area (Å²) < 4.78 is 0. The van der Waals surface area contributed by atoms with Crippen LogP contribution in [0.2, 0.25) is 0 Å². The summed E-state index contributed by atoms with van der Waals surface area (Å²) in [5, 5.41) is 58.5.